The number of urea groups is 1. The molecule has 6 nitrogen and oxygen atoms in total. The van der Waals surface area contributed by atoms with Crippen molar-refractivity contribution in [3.8, 4) is 0 Å². The minimum atomic E-state index is -1.12. The van der Waals surface area contributed by atoms with E-state index in [2.05, 4.69) is 31.5 Å². The number of amides is 2. The molecule has 0 fully saturated rings. The molecule has 1 aromatic heterocycles. The van der Waals surface area contributed by atoms with Gasteiger partial charge < -0.3 is 15.7 Å². The van der Waals surface area contributed by atoms with Crippen molar-refractivity contribution in [2.75, 3.05) is 10.6 Å². The number of nitrogens with one attached hydrogen (secondary N) is 2. The number of rotatable bonds is 3. The zero-order valence-corrected chi connectivity index (χ0v) is 11.7. The molecule has 0 saturated carbocycles. The van der Waals surface area contributed by atoms with Crippen molar-refractivity contribution in [2.24, 2.45) is 0 Å². The van der Waals surface area contributed by atoms with Crippen LogP contribution in [0.1, 0.15) is 10.4 Å². The Kier molecular flexibility index (Phi) is 4.31. The third kappa shape index (κ3) is 3.55. The Morgan fingerprint density at radius 1 is 1.10 bits per heavy atom. The highest BCUT2D eigenvalue weighted by Gasteiger charge is 2.13. The number of pyridine rings is 1. The van der Waals surface area contributed by atoms with E-state index in [1.807, 2.05) is 0 Å². The summed E-state index contributed by atoms with van der Waals surface area (Å²) in [6.45, 7) is 0. The summed E-state index contributed by atoms with van der Waals surface area (Å²) in [4.78, 5) is 26.7. The molecule has 0 aliphatic rings. The summed E-state index contributed by atoms with van der Waals surface area (Å²) >= 11 is 3.19. The van der Waals surface area contributed by atoms with Gasteiger partial charge in [-0.25, -0.2) is 9.59 Å². The zero-order valence-electron chi connectivity index (χ0n) is 10.1. The molecule has 0 saturated heterocycles. The molecule has 0 aliphatic carbocycles. The van der Waals surface area contributed by atoms with Gasteiger partial charge in [0, 0.05) is 22.6 Å². The van der Waals surface area contributed by atoms with Crippen LogP contribution in [0.5, 0.6) is 0 Å². The number of halogens is 1. The van der Waals surface area contributed by atoms with E-state index in [0.717, 1.165) is 0 Å². The van der Waals surface area contributed by atoms with Crippen LogP contribution in [-0.2, 0) is 0 Å². The first-order valence-electron chi connectivity index (χ1n) is 5.57. The number of nitrogens with zero attached hydrogens (tertiary/aromatic N) is 1. The lowest BCUT2D eigenvalue weighted by molar-refractivity contribution is 0.0698. The van der Waals surface area contributed by atoms with Crippen LogP contribution in [0, 0.1) is 0 Å². The summed E-state index contributed by atoms with van der Waals surface area (Å²) < 4.78 is 0.620. The number of aromatic carboxylic acids is 1. The summed E-state index contributed by atoms with van der Waals surface area (Å²) in [5.74, 6) is -1.12. The molecule has 1 aromatic carbocycles. The number of benzene rings is 1. The van der Waals surface area contributed by atoms with Crippen molar-refractivity contribution >= 4 is 39.3 Å². The summed E-state index contributed by atoms with van der Waals surface area (Å²) in [5.41, 5.74) is 0.781. The second kappa shape index (κ2) is 6.16. The van der Waals surface area contributed by atoms with Gasteiger partial charge in [-0.3, -0.25) is 4.98 Å². The van der Waals surface area contributed by atoms with E-state index in [9.17, 15) is 9.59 Å². The van der Waals surface area contributed by atoms with Crippen LogP contribution in [-0.4, -0.2) is 22.1 Å². The first kappa shape index (κ1) is 14.0. The molecule has 0 bridgehead atoms. The molecule has 0 unspecified atom stereocenters. The quantitative estimate of drug-likeness (QED) is 0.803. The molecule has 7 heteroatoms. The number of aromatic nitrogens is 1. The molecular weight excluding hydrogens is 326 g/mol. The van der Waals surface area contributed by atoms with Crippen LogP contribution in [0.4, 0.5) is 16.2 Å². The van der Waals surface area contributed by atoms with Gasteiger partial charge in [0.05, 0.1) is 11.3 Å². The lowest BCUT2D eigenvalue weighted by atomic mass is 10.2. The van der Waals surface area contributed by atoms with E-state index in [1.165, 1.54) is 24.5 Å². The molecule has 2 amide bonds. The average Bonchev–Trinajstić information content (AvgIpc) is 2.41. The number of carbonyl (C=O) groups is 2. The normalized spacial score (nSPS) is 9.85. The Morgan fingerprint density at radius 2 is 1.80 bits per heavy atom. The van der Waals surface area contributed by atoms with Crippen molar-refractivity contribution in [3.63, 3.8) is 0 Å². The van der Waals surface area contributed by atoms with Crippen LogP contribution < -0.4 is 10.6 Å². The Morgan fingerprint density at radius 3 is 2.45 bits per heavy atom. The van der Waals surface area contributed by atoms with Crippen molar-refractivity contribution in [3.05, 3.63) is 52.8 Å². The Labute approximate surface area is 123 Å². The Bertz CT molecular complexity index is 647. The second-order valence-electron chi connectivity index (χ2n) is 3.81. The van der Waals surface area contributed by atoms with E-state index in [1.54, 1.807) is 18.2 Å². The number of hydrogen-bond donors (Lipinski definition) is 3. The summed E-state index contributed by atoms with van der Waals surface area (Å²) in [6.07, 6.45) is 3.08. The number of hydrogen-bond acceptors (Lipinski definition) is 3. The molecule has 0 aliphatic heterocycles. The monoisotopic (exact) mass is 335 g/mol. The highest BCUT2D eigenvalue weighted by molar-refractivity contribution is 9.10. The topological polar surface area (TPSA) is 91.3 Å². The lowest BCUT2D eigenvalue weighted by Crippen LogP contribution is -2.21. The summed E-state index contributed by atoms with van der Waals surface area (Å²) in [7, 11) is 0. The van der Waals surface area contributed by atoms with Gasteiger partial charge in [-0.1, -0.05) is 15.9 Å². The summed E-state index contributed by atoms with van der Waals surface area (Å²) in [6, 6.07) is 7.30. The van der Waals surface area contributed by atoms with Gasteiger partial charge in [-0.2, -0.15) is 0 Å². The molecule has 0 radical (unpaired) electrons. The lowest BCUT2D eigenvalue weighted by Gasteiger charge is -2.10. The molecule has 0 spiro atoms. The van der Waals surface area contributed by atoms with Crippen LogP contribution in [0.3, 0.4) is 0 Å². The molecule has 0 atom stereocenters. The van der Waals surface area contributed by atoms with Gasteiger partial charge in [-0.15, -0.1) is 0 Å². The van der Waals surface area contributed by atoms with E-state index in [4.69, 9.17) is 5.11 Å². The first-order valence-corrected chi connectivity index (χ1v) is 6.36. The average molecular weight is 336 g/mol. The van der Waals surface area contributed by atoms with Crippen molar-refractivity contribution in [2.45, 2.75) is 0 Å². The SMILES string of the molecule is O=C(Nc1ccncc1)Nc1ccc(Br)cc1C(=O)O. The fourth-order valence-corrected chi connectivity index (χ4v) is 1.88. The van der Waals surface area contributed by atoms with E-state index < -0.39 is 12.0 Å². The maximum atomic E-state index is 11.8. The fourth-order valence-electron chi connectivity index (χ4n) is 1.52. The van der Waals surface area contributed by atoms with Gasteiger partial charge in [0.15, 0.2) is 0 Å². The van der Waals surface area contributed by atoms with Crippen LogP contribution >= 0.6 is 15.9 Å². The predicted octanol–water partition coefficient (Wildman–Crippen LogP) is 3.19. The Hall–Kier alpha value is -2.41. The van der Waals surface area contributed by atoms with Crippen LogP contribution in [0.25, 0.3) is 0 Å². The van der Waals surface area contributed by atoms with Crippen molar-refractivity contribution in [1.82, 2.24) is 4.98 Å². The molecule has 1 heterocycles. The highest BCUT2D eigenvalue weighted by atomic mass is 79.9. The first-order chi connectivity index (χ1) is 9.56. The fraction of sp³-hybridized carbons (Fsp3) is 0. The van der Waals surface area contributed by atoms with Crippen LogP contribution in [0.15, 0.2) is 47.2 Å². The molecule has 2 aromatic rings. The van der Waals surface area contributed by atoms with Gasteiger partial charge in [0.25, 0.3) is 0 Å². The number of carboxylic acid groups (broad SMARTS) is 1. The third-order valence-corrected chi connectivity index (χ3v) is 2.89. The molecule has 3 N–H and O–H groups in total. The standard InChI is InChI=1S/C13H10BrN3O3/c14-8-1-2-11(10(7-8)12(18)19)17-13(20)16-9-3-5-15-6-4-9/h1-7H,(H,18,19)(H2,15,16,17,20). The molecular formula is C13H10BrN3O3. The number of carboxylic acids is 1. The number of anilines is 2. The van der Waals surface area contributed by atoms with Gasteiger partial charge in [0.2, 0.25) is 0 Å². The highest BCUT2D eigenvalue weighted by Crippen LogP contribution is 2.21. The van der Waals surface area contributed by atoms with Gasteiger partial charge in [0.1, 0.15) is 0 Å². The maximum absolute atomic E-state index is 11.8. The Balaban J connectivity index is 2.14. The van der Waals surface area contributed by atoms with Crippen molar-refractivity contribution in [1.29, 1.82) is 0 Å². The molecule has 20 heavy (non-hydrogen) atoms. The van der Waals surface area contributed by atoms with E-state index >= 15 is 0 Å². The van der Waals surface area contributed by atoms with E-state index in [0.29, 0.717) is 10.2 Å². The number of carbonyl (C=O) groups excluding carboxylic acids is 1. The smallest absolute Gasteiger partial charge is 0.337 e. The largest absolute Gasteiger partial charge is 0.478 e. The van der Waals surface area contributed by atoms with E-state index in [-0.39, 0.29) is 11.3 Å². The minimum absolute atomic E-state index is 0.00394. The molecule has 102 valence electrons. The third-order valence-electron chi connectivity index (χ3n) is 2.40. The zero-order chi connectivity index (χ0) is 14.5. The van der Waals surface area contributed by atoms with Crippen LogP contribution in [0.2, 0.25) is 0 Å². The maximum Gasteiger partial charge on any atom is 0.337 e. The van der Waals surface area contributed by atoms with Gasteiger partial charge in [-0.05, 0) is 30.3 Å². The minimum Gasteiger partial charge on any atom is -0.478 e. The van der Waals surface area contributed by atoms with Gasteiger partial charge >= 0.3 is 12.0 Å². The van der Waals surface area contributed by atoms with Crippen molar-refractivity contribution < 1.29 is 14.7 Å². The molecule has 2 rings (SSSR count). The predicted molar refractivity (Wildman–Crippen MR) is 78.0 cm³/mol. The second-order valence-corrected chi connectivity index (χ2v) is 4.73. The summed E-state index contributed by atoms with van der Waals surface area (Å²) in [5, 5.41) is 14.2.